The molecular weight excluding hydrogens is 416 g/mol. The molecule has 0 heterocycles. The van der Waals surface area contributed by atoms with E-state index in [4.69, 9.17) is 42.8 Å². The molecule has 0 fully saturated rings. The fourth-order valence-electron chi connectivity index (χ4n) is 2.54. The highest BCUT2D eigenvalue weighted by Gasteiger charge is 2.19. The van der Waals surface area contributed by atoms with Crippen molar-refractivity contribution in [2.24, 2.45) is 0 Å². The SMILES string of the molecule is CCOc1cc(C(=O)OC)cc(NC(=S)Nc2cc(Cl)ccc2OC)c1OCC. The predicted molar refractivity (Wildman–Crippen MR) is 118 cm³/mol. The number of thiocarbonyl (C=S) groups is 1. The van der Waals surface area contributed by atoms with Crippen LogP contribution in [0.4, 0.5) is 11.4 Å². The molecule has 0 atom stereocenters. The van der Waals surface area contributed by atoms with Gasteiger partial charge in [0.1, 0.15) is 5.75 Å². The molecular formula is C20H23ClN2O5S. The molecule has 0 aliphatic carbocycles. The maximum atomic E-state index is 12.1. The Morgan fingerprint density at radius 2 is 1.69 bits per heavy atom. The maximum Gasteiger partial charge on any atom is 0.338 e. The number of ether oxygens (including phenoxy) is 4. The van der Waals surface area contributed by atoms with Crippen LogP contribution in [0.2, 0.25) is 5.02 Å². The minimum absolute atomic E-state index is 0.246. The molecule has 9 heteroatoms. The highest BCUT2D eigenvalue weighted by Crippen LogP contribution is 2.38. The van der Waals surface area contributed by atoms with Gasteiger partial charge in [0, 0.05) is 5.02 Å². The zero-order valence-electron chi connectivity index (χ0n) is 16.6. The van der Waals surface area contributed by atoms with Gasteiger partial charge >= 0.3 is 5.97 Å². The van der Waals surface area contributed by atoms with Crippen molar-refractivity contribution in [1.29, 1.82) is 0 Å². The van der Waals surface area contributed by atoms with E-state index in [1.54, 1.807) is 37.4 Å². The smallest absolute Gasteiger partial charge is 0.338 e. The van der Waals surface area contributed by atoms with Crippen LogP contribution in [0.1, 0.15) is 24.2 Å². The molecule has 0 amide bonds. The molecule has 2 N–H and O–H groups in total. The summed E-state index contributed by atoms with van der Waals surface area (Å²) < 4.78 is 21.5. The molecule has 0 aromatic heterocycles. The van der Waals surface area contributed by atoms with Crippen LogP contribution in [0.15, 0.2) is 30.3 Å². The van der Waals surface area contributed by atoms with Crippen LogP contribution in [0.25, 0.3) is 0 Å². The van der Waals surface area contributed by atoms with Gasteiger partial charge in [0.05, 0.1) is 44.4 Å². The Morgan fingerprint density at radius 3 is 2.31 bits per heavy atom. The average molecular weight is 439 g/mol. The number of halogens is 1. The second-order valence-electron chi connectivity index (χ2n) is 5.63. The molecule has 29 heavy (non-hydrogen) atoms. The molecule has 0 saturated heterocycles. The lowest BCUT2D eigenvalue weighted by molar-refractivity contribution is 0.0600. The fourth-order valence-corrected chi connectivity index (χ4v) is 2.93. The first-order valence-corrected chi connectivity index (χ1v) is 9.65. The summed E-state index contributed by atoms with van der Waals surface area (Å²) in [7, 11) is 2.86. The molecule has 2 aromatic carbocycles. The van der Waals surface area contributed by atoms with E-state index in [-0.39, 0.29) is 5.11 Å². The van der Waals surface area contributed by atoms with E-state index in [0.29, 0.717) is 52.4 Å². The van der Waals surface area contributed by atoms with E-state index in [2.05, 4.69) is 10.6 Å². The zero-order valence-corrected chi connectivity index (χ0v) is 18.2. The minimum Gasteiger partial charge on any atom is -0.495 e. The summed E-state index contributed by atoms with van der Waals surface area (Å²) in [5.41, 5.74) is 1.34. The Hall–Kier alpha value is -2.71. The summed E-state index contributed by atoms with van der Waals surface area (Å²) in [6, 6.07) is 8.28. The summed E-state index contributed by atoms with van der Waals surface area (Å²) in [5.74, 6) is 0.904. The zero-order chi connectivity index (χ0) is 21.4. The number of carbonyl (C=O) groups is 1. The quantitative estimate of drug-likeness (QED) is 0.452. The Morgan fingerprint density at radius 1 is 1.00 bits per heavy atom. The van der Waals surface area contributed by atoms with Crippen molar-refractivity contribution in [3.8, 4) is 17.2 Å². The van der Waals surface area contributed by atoms with Crippen molar-refractivity contribution in [3.63, 3.8) is 0 Å². The lowest BCUT2D eigenvalue weighted by Gasteiger charge is -2.19. The Bertz CT molecular complexity index is 891. The van der Waals surface area contributed by atoms with Crippen molar-refractivity contribution in [3.05, 3.63) is 40.9 Å². The van der Waals surface area contributed by atoms with E-state index in [0.717, 1.165) is 0 Å². The second kappa shape index (κ2) is 10.7. The first-order valence-electron chi connectivity index (χ1n) is 8.86. The lowest BCUT2D eigenvalue weighted by atomic mass is 10.1. The third-order valence-electron chi connectivity index (χ3n) is 3.72. The van der Waals surface area contributed by atoms with Crippen LogP contribution in [0, 0.1) is 0 Å². The number of rotatable bonds is 8. The standard InChI is InChI=1S/C20H23ClN2O5S/c1-5-27-17-10-12(19(24)26-4)9-15(18(17)28-6-2)23-20(29)22-14-11-13(21)7-8-16(14)25-3/h7-11H,5-6H2,1-4H3,(H2,22,23,29). The summed E-state index contributed by atoms with van der Waals surface area (Å²) >= 11 is 11.5. The van der Waals surface area contributed by atoms with E-state index in [1.165, 1.54) is 7.11 Å². The number of anilines is 2. The normalized spacial score (nSPS) is 10.1. The third-order valence-corrected chi connectivity index (χ3v) is 4.16. The molecule has 0 aliphatic rings. The monoisotopic (exact) mass is 438 g/mol. The molecule has 2 aromatic rings. The lowest BCUT2D eigenvalue weighted by Crippen LogP contribution is -2.20. The van der Waals surface area contributed by atoms with E-state index in [9.17, 15) is 4.79 Å². The van der Waals surface area contributed by atoms with Crippen LogP contribution in [-0.2, 0) is 4.74 Å². The number of carbonyl (C=O) groups excluding carboxylic acids is 1. The average Bonchev–Trinajstić information content (AvgIpc) is 2.69. The molecule has 0 aliphatic heterocycles. The largest absolute Gasteiger partial charge is 0.495 e. The summed E-state index contributed by atoms with van der Waals surface area (Å²) in [6.45, 7) is 4.48. The summed E-state index contributed by atoms with van der Waals surface area (Å²) in [4.78, 5) is 12.1. The molecule has 2 rings (SSSR count). The minimum atomic E-state index is -0.507. The number of hydrogen-bond acceptors (Lipinski definition) is 6. The van der Waals surface area contributed by atoms with Crippen LogP contribution >= 0.6 is 23.8 Å². The first-order chi connectivity index (χ1) is 13.9. The Balaban J connectivity index is 2.38. The number of esters is 1. The molecule has 0 spiro atoms. The molecule has 0 saturated carbocycles. The summed E-state index contributed by atoms with van der Waals surface area (Å²) in [5, 5.41) is 6.85. The predicted octanol–water partition coefficient (Wildman–Crippen LogP) is 4.74. The Labute approximate surface area is 180 Å². The van der Waals surface area contributed by atoms with Gasteiger partial charge in [0.2, 0.25) is 0 Å². The molecule has 7 nitrogen and oxygen atoms in total. The van der Waals surface area contributed by atoms with Crippen molar-refractivity contribution in [2.45, 2.75) is 13.8 Å². The topological polar surface area (TPSA) is 78.1 Å². The highest BCUT2D eigenvalue weighted by atomic mass is 35.5. The van der Waals surface area contributed by atoms with Crippen LogP contribution < -0.4 is 24.8 Å². The van der Waals surface area contributed by atoms with E-state index >= 15 is 0 Å². The summed E-state index contributed by atoms with van der Waals surface area (Å²) in [6.07, 6.45) is 0. The van der Waals surface area contributed by atoms with Gasteiger partial charge in [0.15, 0.2) is 16.6 Å². The van der Waals surface area contributed by atoms with Crippen LogP contribution in [0.3, 0.4) is 0 Å². The van der Waals surface area contributed by atoms with Crippen molar-refractivity contribution in [1.82, 2.24) is 0 Å². The highest BCUT2D eigenvalue weighted by molar-refractivity contribution is 7.80. The number of hydrogen-bond donors (Lipinski definition) is 2. The molecule has 0 unspecified atom stereocenters. The third kappa shape index (κ3) is 5.88. The van der Waals surface area contributed by atoms with E-state index < -0.39 is 5.97 Å². The molecule has 0 radical (unpaired) electrons. The Kier molecular flexibility index (Phi) is 8.35. The second-order valence-corrected chi connectivity index (χ2v) is 6.48. The van der Waals surface area contributed by atoms with Crippen LogP contribution in [-0.4, -0.2) is 38.5 Å². The van der Waals surface area contributed by atoms with Gasteiger partial charge in [-0.15, -0.1) is 0 Å². The van der Waals surface area contributed by atoms with Crippen molar-refractivity contribution >= 4 is 46.3 Å². The van der Waals surface area contributed by atoms with Gasteiger partial charge in [-0.05, 0) is 56.4 Å². The van der Waals surface area contributed by atoms with Gasteiger partial charge in [-0.2, -0.15) is 0 Å². The van der Waals surface area contributed by atoms with Gasteiger partial charge < -0.3 is 29.6 Å². The first kappa shape index (κ1) is 22.6. The van der Waals surface area contributed by atoms with Crippen molar-refractivity contribution < 1.29 is 23.7 Å². The number of nitrogens with one attached hydrogen (secondary N) is 2. The van der Waals surface area contributed by atoms with Gasteiger partial charge in [-0.1, -0.05) is 11.6 Å². The van der Waals surface area contributed by atoms with Crippen LogP contribution in [0.5, 0.6) is 17.2 Å². The van der Waals surface area contributed by atoms with Gasteiger partial charge in [-0.3, -0.25) is 0 Å². The van der Waals surface area contributed by atoms with Gasteiger partial charge in [0.25, 0.3) is 0 Å². The molecule has 0 bridgehead atoms. The fraction of sp³-hybridized carbons (Fsp3) is 0.300. The molecule has 156 valence electrons. The van der Waals surface area contributed by atoms with Crippen molar-refractivity contribution in [2.75, 3.05) is 38.1 Å². The number of benzene rings is 2. The number of methoxy groups -OCH3 is 2. The van der Waals surface area contributed by atoms with Gasteiger partial charge in [-0.25, -0.2) is 4.79 Å². The maximum absolute atomic E-state index is 12.1. The van der Waals surface area contributed by atoms with E-state index in [1.807, 2.05) is 13.8 Å².